The van der Waals surface area contributed by atoms with E-state index in [0.29, 0.717) is 68.3 Å². The van der Waals surface area contributed by atoms with E-state index in [-0.39, 0.29) is 94.3 Å². The molecule has 3 aliphatic carbocycles. The van der Waals surface area contributed by atoms with Gasteiger partial charge in [0.05, 0.1) is 11.4 Å². The Morgan fingerprint density at radius 2 is 0.707 bits per heavy atom. The van der Waals surface area contributed by atoms with Gasteiger partial charge in [-0.2, -0.15) is 0 Å². The Morgan fingerprint density at radius 3 is 1.09 bits per heavy atom. The molecule has 0 heterocycles. The maximum Gasteiger partial charge on any atom is 0.321 e. The number of anilines is 5. The predicted octanol–water partition coefficient (Wildman–Crippen LogP) is 16.4. The quantitative estimate of drug-likeness (QED) is 0.0195. The number of ketones is 1. The van der Waals surface area contributed by atoms with Gasteiger partial charge in [0.1, 0.15) is 5.78 Å². The van der Waals surface area contributed by atoms with Crippen LogP contribution in [-0.2, 0) is 59.5 Å². The van der Waals surface area contributed by atoms with E-state index in [1.54, 1.807) is 160 Å². The van der Waals surface area contributed by atoms with E-state index in [4.69, 9.17) is 0 Å². The number of Topliss-reactive ketones (excluding diaryl/α,β-unsaturated/α-hetero) is 1. The summed E-state index contributed by atoms with van der Waals surface area (Å²) in [7, 11) is 31.1. The smallest absolute Gasteiger partial charge is 0.321 e. The molecule has 6 aromatic carbocycles. The molecule has 3 fully saturated rings. The molecule has 11 N–H and O–H groups in total. The van der Waals surface area contributed by atoms with Crippen LogP contribution in [0.2, 0.25) is 0 Å². The van der Waals surface area contributed by atoms with Gasteiger partial charge in [0.2, 0.25) is 35.4 Å². The highest BCUT2D eigenvalue weighted by Crippen LogP contribution is 2.49. The first-order valence-corrected chi connectivity index (χ1v) is 48.3. The molecule has 0 bridgehead atoms. The summed E-state index contributed by atoms with van der Waals surface area (Å²) in [6.45, 7) is 16.9. The first kappa shape index (κ1) is 121. The molecule has 3 saturated carbocycles. The number of carbonyl (C=O) groups excluding carboxylic acids is 14. The second kappa shape index (κ2) is 62.8. The Hall–Kier alpha value is -13.0. The lowest BCUT2D eigenvalue weighted by Gasteiger charge is -2.47. The molecular formula is C106H166N20O14. The van der Waals surface area contributed by atoms with Crippen LogP contribution in [0.3, 0.4) is 0 Å². The van der Waals surface area contributed by atoms with Crippen molar-refractivity contribution < 1.29 is 67.1 Å². The highest BCUT2D eigenvalue weighted by Gasteiger charge is 2.42. The monoisotopic (exact) mass is 1940 g/mol. The molecule has 0 saturated heterocycles. The standard InChI is InChI=1S/C18H33N3O2.C18H21N3O2.C16H20N4O2.C16H30N2O2.C14H22N4O2.C12H16N2O2.C12H24N2O2/c2*1-13(22)19-16-8-4-14(5-9-16)12-15-6-10-17(11-7-15)20-18(23)21(2)3;1-19(2)15(21)17-13-9-5-8-12-11(13)7-6-10-14(12)18-16(22)20(3)4;1-12(19)17-11-16(4)9-13(7-14(20)18(5)6)8-15(2,3)10-16;1-17(2)13(19)15-9-11-6-5-7-12(8-11)10-16-14(20)18(3)4;1-9(15)8-10-4-6-11(7-5-10)13-12(16)14(2)3;1-11(15)13-10-8-6-4-5-7-9-12(16)14(2)3/h14-17H,4-12H2,1-3H3,(H,19,22)(H,20,23);4-11H,12H2,1-3H3,(H,19,22)(H,20,23);5-10H,1-4H3,(H,17,21)(H,18,22);13H,7-11H2,1-6H3,(H,17,19);5-8H,9-10H2,1-4H3,(H,15,19)(H,16,20);4-7H,8H2,1-3H3,(H,13,16);4-10H2,1-3H3,(H,13,15). The van der Waals surface area contributed by atoms with Crippen molar-refractivity contribution in [2.45, 2.75) is 215 Å². The van der Waals surface area contributed by atoms with Gasteiger partial charge in [0.25, 0.3) is 0 Å². The zero-order chi connectivity index (χ0) is 105. The number of carbonyl (C=O) groups is 14. The zero-order valence-electron chi connectivity index (χ0n) is 88.5. The molecule has 2 unspecified atom stereocenters. The number of hydrogen-bond donors (Lipinski definition) is 11. The number of urea groups is 7. The van der Waals surface area contributed by atoms with E-state index >= 15 is 0 Å². The minimum atomic E-state index is -0.199. The zero-order valence-corrected chi connectivity index (χ0v) is 88.5. The average Bonchev–Trinajstić information content (AvgIpc) is 0.797. The number of benzene rings is 6. The van der Waals surface area contributed by atoms with Crippen LogP contribution in [0.5, 0.6) is 0 Å². The van der Waals surface area contributed by atoms with Gasteiger partial charge in [-0.3, -0.25) is 33.6 Å². The van der Waals surface area contributed by atoms with Crippen LogP contribution >= 0.6 is 0 Å². The van der Waals surface area contributed by atoms with E-state index in [1.165, 1.54) is 75.4 Å². The lowest BCUT2D eigenvalue weighted by atomic mass is 9.60. The second-order valence-corrected chi connectivity index (χ2v) is 39.6. The van der Waals surface area contributed by atoms with Crippen LogP contribution in [0.15, 0.2) is 133 Å². The molecule has 0 radical (unpaired) electrons. The van der Waals surface area contributed by atoms with Gasteiger partial charge in [-0.05, 0) is 208 Å². The highest BCUT2D eigenvalue weighted by molar-refractivity contribution is 6.08. The Balaban J connectivity index is 0.000000422. The van der Waals surface area contributed by atoms with Gasteiger partial charge in [-0.25, -0.2) is 33.6 Å². The van der Waals surface area contributed by atoms with Crippen LogP contribution in [0.4, 0.5) is 62.0 Å². The maximum absolute atomic E-state index is 12.0. The summed E-state index contributed by atoms with van der Waals surface area (Å²) in [5, 5.41) is 33.2. The fraction of sp³-hybridized carbons (Fsp3) is 0.547. The van der Waals surface area contributed by atoms with Crippen LogP contribution in [0.1, 0.15) is 205 Å². The maximum atomic E-state index is 12.0. The number of nitrogens with zero attached hydrogens (tertiary/aromatic N) is 9. The minimum Gasteiger partial charge on any atom is -0.356 e. The normalized spacial score (nSPS) is 16.1. The van der Waals surface area contributed by atoms with Gasteiger partial charge < -0.3 is 103 Å². The van der Waals surface area contributed by atoms with Crippen molar-refractivity contribution in [3.63, 3.8) is 0 Å². The Morgan fingerprint density at radius 1 is 0.329 bits per heavy atom. The third-order valence-corrected chi connectivity index (χ3v) is 23.5. The topological polar surface area (TPSA) is 400 Å². The summed E-state index contributed by atoms with van der Waals surface area (Å²) in [6.07, 6.45) is 21.9. The SMILES string of the molecule is CC(=O)Cc1ccc(NC(=O)N(C)C)cc1.CC(=O)NC1CCC(CC2CCC(NC(=O)N(C)C)CC2)CC1.CC(=O)NCC1(C)CC(CC(=O)N(C)C)CC(C)(C)C1.CC(=O)NCCCCCCCC(=O)N(C)C.CC(=O)Nc1ccc(Cc2ccc(NC(=O)N(C)C)cc2)cc1.CN(C)C(=O)NCc1cccc(CNC(=O)N(C)C)c1.CN(C)C(=O)Nc1cccc2c(NC(=O)N(C)C)cccc12. The van der Waals surface area contributed by atoms with Crippen molar-refractivity contribution in [1.82, 2.24) is 76.0 Å². The summed E-state index contributed by atoms with van der Waals surface area (Å²) >= 11 is 0. The Labute approximate surface area is 833 Å². The van der Waals surface area contributed by atoms with E-state index in [1.807, 2.05) is 135 Å². The van der Waals surface area contributed by atoms with Crippen molar-refractivity contribution in [2.75, 3.05) is 167 Å². The fourth-order valence-electron chi connectivity index (χ4n) is 16.3. The summed E-state index contributed by atoms with van der Waals surface area (Å²) in [5.41, 5.74) is 9.28. The molecule has 20 amide bonds. The lowest BCUT2D eigenvalue weighted by molar-refractivity contribution is -0.131. The molecular weight excluding hydrogens is 1780 g/mol. The number of fused-ring (bicyclic) bond motifs is 1. The van der Waals surface area contributed by atoms with E-state index < -0.39 is 0 Å². The van der Waals surface area contributed by atoms with Gasteiger partial charge in [0, 0.05) is 240 Å². The van der Waals surface area contributed by atoms with Crippen molar-refractivity contribution in [1.29, 1.82) is 0 Å². The Bertz CT molecular complexity index is 4790. The summed E-state index contributed by atoms with van der Waals surface area (Å²) < 4.78 is 0. The second-order valence-electron chi connectivity index (χ2n) is 39.6. The molecule has 0 spiro atoms. The van der Waals surface area contributed by atoms with E-state index in [0.717, 1.165) is 158 Å². The van der Waals surface area contributed by atoms with Crippen molar-refractivity contribution >= 4 is 123 Å². The molecule has 9 rings (SSSR count). The molecule has 0 aliphatic heterocycles. The van der Waals surface area contributed by atoms with E-state index in [2.05, 4.69) is 79.3 Å². The molecule has 34 heteroatoms. The highest BCUT2D eigenvalue weighted by atomic mass is 16.2. The number of nitrogens with one attached hydrogen (secondary N) is 11. The first-order valence-electron chi connectivity index (χ1n) is 48.3. The minimum absolute atomic E-state index is 0.0236. The molecule has 34 nitrogen and oxygen atoms in total. The third kappa shape index (κ3) is 51.0. The Kier molecular flexibility index (Phi) is 54.3. The number of unbranched alkanes of at least 4 members (excludes halogenated alkanes) is 4. The number of hydrogen-bond acceptors (Lipinski definition) is 14. The third-order valence-electron chi connectivity index (χ3n) is 23.5. The first-order chi connectivity index (χ1) is 65.7. The van der Waals surface area contributed by atoms with Crippen LogP contribution in [0.25, 0.3) is 10.8 Å². The molecule has 2 atom stereocenters. The van der Waals surface area contributed by atoms with Crippen LogP contribution in [0, 0.1) is 28.6 Å². The van der Waals surface area contributed by atoms with Gasteiger partial charge in [0.15, 0.2) is 0 Å². The van der Waals surface area contributed by atoms with Gasteiger partial charge >= 0.3 is 42.2 Å². The van der Waals surface area contributed by atoms with Gasteiger partial charge in [-0.1, -0.05) is 125 Å². The average molecular weight is 1940 g/mol. The molecule has 140 heavy (non-hydrogen) atoms. The largest absolute Gasteiger partial charge is 0.356 e. The van der Waals surface area contributed by atoms with Crippen LogP contribution in [-0.4, -0.2) is 280 Å². The van der Waals surface area contributed by atoms with Crippen molar-refractivity contribution in [2.24, 2.45) is 28.6 Å². The number of amides is 20. The van der Waals surface area contributed by atoms with Gasteiger partial charge in [-0.15, -0.1) is 0 Å². The van der Waals surface area contributed by atoms with Crippen molar-refractivity contribution in [3.05, 3.63) is 161 Å². The number of rotatable bonds is 29. The molecule has 6 aromatic rings. The molecule has 0 aromatic heterocycles. The summed E-state index contributed by atoms with van der Waals surface area (Å²) in [4.78, 5) is 173. The predicted molar refractivity (Wildman–Crippen MR) is 562 cm³/mol. The summed E-state index contributed by atoms with van der Waals surface area (Å²) in [5.74, 6) is 2.69. The van der Waals surface area contributed by atoms with E-state index in [9.17, 15) is 67.1 Å². The van der Waals surface area contributed by atoms with Crippen molar-refractivity contribution in [3.8, 4) is 0 Å². The lowest BCUT2D eigenvalue weighted by Crippen LogP contribution is -2.44. The molecule has 3 aliphatic rings. The summed E-state index contributed by atoms with van der Waals surface area (Å²) in [6, 6.07) is 41.6. The molecule has 774 valence electrons. The van der Waals surface area contributed by atoms with Crippen LogP contribution < -0.4 is 58.5 Å². The fourth-order valence-corrected chi connectivity index (χ4v) is 16.3.